The summed E-state index contributed by atoms with van der Waals surface area (Å²) in [6.07, 6.45) is 24.0. The molecule has 0 nitrogen and oxygen atoms in total. The van der Waals surface area contributed by atoms with Crippen molar-refractivity contribution >= 4 is 15.8 Å². The third-order valence-corrected chi connectivity index (χ3v) is 10.2. The van der Waals surface area contributed by atoms with Gasteiger partial charge in [0, 0.05) is 20.4 Å². The first-order valence-corrected chi connectivity index (χ1v) is 14.0. The van der Waals surface area contributed by atoms with Crippen molar-refractivity contribution in [1.82, 2.24) is 0 Å². The van der Waals surface area contributed by atoms with Gasteiger partial charge in [-0.3, -0.25) is 0 Å². The van der Waals surface area contributed by atoms with Crippen LogP contribution in [0.15, 0.2) is 0 Å². The Morgan fingerprint density at radius 3 is 0.826 bits per heavy atom. The first kappa shape index (κ1) is 26.7. The molecule has 0 aromatic carbocycles. The van der Waals surface area contributed by atoms with Gasteiger partial charge in [0.1, 0.15) is 0 Å². The first-order valence-electron chi connectivity index (χ1n) is 10.2. The molecular weight excluding hydrogens is 409 g/mol. The van der Waals surface area contributed by atoms with E-state index in [1.54, 1.807) is 37.0 Å². The normalized spacial score (nSPS) is 11.2. The van der Waals surface area contributed by atoms with Crippen LogP contribution in [0.3, 0.4) is 0 Å². The summed E-state index contributed by atoms with van der Waals surface area (Å²) in [5.41, 5.74) is 0. The number of hydrogen-bond acceptors (Lipinski definition) is 0. The molecule has 0 aliphatic heterocycles. The minimum atomic E-state index is 0. The molecule has 3 heteroatoms. The monoisotopic (exact) mass is 452 g/mol. The van der Waals surface area contributed by atoms with Gasteiger partial charge in [0.15, 0.2) is 0 Å². The van der Waals surface area contributed by atoms with Gasteiger partial charge in [-0.2, -0.15) is 0 Å². The van der Waals surface area contributed by atoms with E-state index >= 15 is 0 Å². The van der Waals surface area contributed by atoms with E-state index in [4.69, 9.17) is 0 Å². The van der Waals surface area contributed by atoms with Crippen molar-refractivity contribution in [3.8, 4) is 0 Å². The zero-order valence-electron chi connectivity index (χ0n) is 16.5. The van der Waals surface area contributed by atoms with Crippen molar-refractivity contribution in [2.45, 2.75) is 91.9 Å². The van der Waals surface area contributed by atoms with Crippen LogP contribution in [0, 0.1) is 0 Å². The van der Waals surface area contributed by atoms with Crippen LogP contribution in [0.4, 0.5) is 0 Å². The minimum Gasteiger partial charge on any atom is -0.107 e. The average Bonchev–Trinajstić information content (AvgIpc) is 2.54. The fourth-order valence-corrected chi connectivity index (χ4v) is 8.61. The smallest absolute Gasteiger partial charge is 0 e. The standard InChI is InChI=1S/C20H44P2.Pd/c1-5-9-15-21(16-10-6-2)19-13-14-20-22(17-11-7-3)18-12-8-4;/h5-20H2,1-4H3;. The maximum atomic E-state index is 2.35. The Labute approximate surface area is 164 Å². The van der Waals surface area contributed by atoms with E-state index in [0.29, 0.717) is 15.8 Å². The average molecular weight is 453 g/mol. The van der Waals surface area contributed by atoms with E-state index in [9.17, 15) is 0 Å². The van der Waals surface area contributed by atoms with Crippen LogP contribution < -0.4 is 0 Å². The summed E-state index contributed by atoms with van der Waals surface area (Å²) in [7, 11) is 0.764. The molecule has 0 heterocycles. The summed E-state index contributed by atoms with van der Waals surface area (Å²) in [4.78, 5) is 0. The van der Waals surface area contributed by atoms with Crippen LogP contribution in [-0.4, -0.2) is 37.0 Å². The van der Waals surface area contributed by atoms with Crippen LogP contribution in [0.5, 0.6) is 0 Å². The Morgan fingerprint density at radius 2 is 0.609 bits per heavy atom. The van der Waals surface area contributed by atoms with Crippen LogP contribution in [0.25, 0.3) is 0 Å². The summed E-state index contributed by atoms with van der Waals surface area (Å²) in [5.74, 6) is 0. The van der Waals surface area contributed by atoms with E-state index in [0.717, 1.165) is 0 Å². The van der Waals surface area contributed by atoms with E-state index in [2.05, 4.69) is 27.7 Å². The molecule has 0 spiro atoms. The van der Waals surface area contributed by atoms with Gasteiger partial charge in [-0.15, -0.1) is 15.8 Å². The molecule has 0 aliphatic rings. The summed E-state index contributed by atoms with van der Waals surface area (Å²) in [5, 5.41) is 0. The third-order valence-electron chi connectivity index (χ3n) is 4.51. The molecule has 0 bridgehead atoms. The molecule has 0 fully saturated rings. The molecule has 0 aromatic rings. The Morgan fingerprint density at radius 1 is 0.391 bits per heavy atom. The van der Waals surface area contributed by atoms with E-state index < -0.39 is 0 Å². The fourth-order valence-electron chi connectivity index (χ4n) is 2.87. The fraction of sp³-hybridized carbons (Fsp3) is 1.00. The molecule has 0 saturated carbocycles. The van der Waals surface area contributed by atoms with Crippen LogP contribution in [0.2, 0.25) is 0 Å². The van der Waals surface area contributed by atoms with Crippen molar-refractivity contribution in [2.24, 2.45) is 0 Å². The van der Waals surface area contributed by atoms with Gasteiger partial charge in [-0.1, -0.05) is 53.4 Å². The molecule has 23 heavy (non-hydrogen) atoms. The molecule has 0 atom stereocenters. The zero-order valence-corrected chi connectivity index (χ0v) is 19.9. The number of hydrogen-bond donors (Lipinski definition) is 0. The van der Waals surface area contributed by atoms with E-state index in [1.165, 1.54) is 64.2 Å². The Balaban J connectivity index is 0. The van der Waals surface area contributed by atoms with E-state index in [1.807, 2.05) is 0 Å². The van der Waals surface area contributed by atoms with Crippen molar-refractivity contribution in [3.05, 3.63) is 0 Å². The summed E-state index contributed by atoms with van der Waals surface area (Å²) >= 11 is 0. The molecule has 0 saturated heterocycles. The Kier molecular flexibility index (Phi) is 25.1. The zero-order chi connectivity index (χ0) is 16.5. The third kappa shape index (κ3) is 18.1. The first-order chi connectivity index (χ1) is 10.8. The van der Waals surface area contributed by atoms with Crippen LogP contribution >= 0.6 is 15.8 Å². The van der Waals surface area contributed by atoms with Crippen LogP contribution in [0.1, 0.15) is 91.9 Å². The maximum absolute atomic E-state index is 2.35. The number of rotatable bonds is 17. The minimum absolute atomic E-state index is 0. The second kappa shape index (κ2) is 21.6. The van der Waals surface area contributed by atoms with Gasteiger partial charge in [-0.05, 0) is 75.5 Å². The van der Waals surface area contributed by atoms with Gasteiger partial charge in [0.2, 0.25) is 0 Å². The second-order valence-electron chi connectivity index (χ2n) is 6.80. The predicted octanol–water partition coefficient (Wildman–Crippen LogP) is 7.93. The second-order valence-corrected chi connectivity index (χ2v) is 12.2. The van der Waals surface area contributed by atoms with Crippen LogP contribution in [-0.2, 0) is 20.4 Å². The summed E-state index contributed by atoms with van der Waals surface area (Å²) < 4.78 is 0. The molecule has 0 aliphatic carbocycles. The molecule has 0 radical (unpaired) electrons. The van der Waals surface area contributed by atoms with Crippen molar-refractivity contribution in [1.29, 1.82) is 0 Å². The molecular formula is C20H44P2Pd. The van der Waals surface area contributed by atoms with Crippen molar-refractivity contribution in [3.63, 3.8) is 0 Å². The quantitative estimate of drug-likeness (QED) is 0.119. The molecule has 0 aromatic heterocycles. The molecule has 0 rings (SSSR count). The van der Waals surface area contributed by atoms with Gasteiger partial charge < -0.3 is 0 Å². The van der Waals surface area contributed by atoms with E-state index in [-0.39, 0.29) is 20.4 Å². The summed E-state index contributed by atoms with van der Waals surface area (Å²) in [6.45, 7) is 9.40. The SMILES string of the molecule is CCCCP(CCCC)CCCCP(CCCC)CCCC.[Pd]. The number of unbranched alkanes of at least 4 members (excludes halogenated alkanes) is 5. The van der Waals surface area contributed by atoms with Gasteiger partial charge >= 0.3 is 0 Å². The predicted molar refractivity (Wildman–Crippen MR) is 112 cm³/mol. The summed E-state index contributed by atoms with van der Waals surface area (Å²) in [6, 6.07) is 0. The Hall–Kier alpha value is 1.52. The van der Waals surface area contributed by atoms with Crippen molar-refractivity contribution in [2.75, 3.05) is 37.0 Å². The van der Waals surface area contributed by atoms with Gasteiger partial charge in [0.05, 0.1) is 0 Å². The maximum Gasteiger partial charge on any atom is 0 e. The molecule has 0 unspecified atom stereocenters. The largest absolute Gasteiger partial charge is 0.107 e. The Bertz CT molecular complexity index is 174. The van der Waals surface area contributed by atoms with Crippen molar-refractivity contribution < 1.29 is 20.4 Å². The molecule has 0 amide bonds. The topological polar surface area (TPSA) is 0 Å². The van der Waals surface area contributed by atoms with Gasteiger partial charge in [-0.25, -0.2) is 0 Å². The molecule has 0 N–H and O–H groups in total. The van der Waals surface area contributed by atoms with Gasteiger partial charge in [0.25, 0.3) is 0 Å². The molecule has 144 valence electrons.